The maximum atomic E-state index is 6.93. The molecule has 3 unspecified atom stereocenters. The van der Waals surface area contributed by atoms with Crippen molar-refractivity contribution in [3.05, 3.63) is 144 Å². The molecule has 0 aromatic heterocycles. The van der Waals surface area contributed by atoms with Crippen LogP contribution in [0.25, 0.3) is 21.5 Å². The van der Waals surface area contributed by atoms with E-state index in [0.717, 1.165) is 73.2 Å². The molecule has 0 amide bonds. The average molecular weight is 788 g/mol. The average Bonchev–Trinajstić information content (AvgIpc) is 3.28. The summed E-state index contributed by atoms with van der Waals surface area (Å²) in [6.45, 7) is 2.72. The summed E-state index contributed by atoms with van der Waals surface area (Å²) in [6, 6.07) is 40.5. The van der Waals surface area contributed by atoms with Crippen molar-refractivity contribution in [3.63, 3.8) is 0 Å². The molecule has 1 N–H and O–H groups in total. The summed E-state index contributed by atoms with van der Waals surface area (Å²) in [7, 11) is 8.35. The molecule has 0 bridgehead atoms. The minimum absolute atomic E-state index is 0.210. The molecule has 1 aliphatic rings. The number of fused-ring (bicyclic) bond motifs is 2. The Morgan fingerprint density at radius 2 is 1.10 bits per heavy atom. The maximum absolute atomic E-state index is 6.93. The van der Waals surface area contributed by atoms with Gasteiger partial charge >= 0.3 is 0 Å². The highest BCUT2D eigenvalue weighted by Gasteiger charge is 2.39. The topological polar surface area (TPSA) is 95.1 Å². The van der Waals surface area contributed by atoms with Gasteiger partial charge in [0.15, 0.2) is 12.6 Å². The van der Waals surface area contributed by atoms with Gasteiger partial charge in [-0.25, -0.2) is 0 Å². The Labute approximate surface area is 340 Å². The van der Waals surface area contributed by atoms with Crippen LogP contribution in [0, 0.1) is 0 Å². The summed E-state index contributed by atoms with van der Waals surface area (Å²) in [5, 5.41) is 7.68. The highest BCUT2D eigenvalue weighted by molar-refractivity contribution is 5.90. The molecule has 1 heterocycles. The van der Waals surface area contributed by atoms with Crippen LogP contribution in [0.2, 0.25) is 0 Å². The smallest absolute Gasteiger partial charge is 0.184 e. The van der Waals surface area contributed by atoms with E-state index >= 15 is 0 Å². The molecule has 6 aromatic carbocycles. The Kier molecular flexibility index (Phi) is 14.1. The third-order valence-electron chi connectivity index (χ3n) is 10.6. The Hall–Kier alpha value is -5.20. The monoisotopic (exact) mass is 787 g/mol. The predicted molar refractivity (Wildman–Crippen MR) is 225 cm³/mol. The van der Waals surface area contributed by atoms with Crippen LogP contribution in [-0.4, -0.2) is 74.1 Å². The third kappa shape index (κ3) is 9.56. The molecule has 0 aliphatic carbocycles. The fourth-order valence-electron chi connectivity index (χ4n) is 7.76. The summed E-state index contributed by atoms with van der Waals surface area (Å²) in [5.41, 5.74) is 3.77. The number of piperidine rings is 1. The largest absolute Gasteiger partial charge is 0.496 e. The number of hydrogen-bond acceptors (Lipinski definition) is 10. The van der Waals surface area contributed by atoms with Crippen molar-refractivity contribution in [1.29, 1.82) is 0 Å². The second-order valence-corrected chi connectivity index (χ2v) is 14.2. The lowest BCUT2D eigenvalue weighted by atomic mass is 9.85. The zero-order chi connectivity index (χ0) is 40.3. The molecule has 58 heavy (non-hydrogen) atoms. The number of methoxy groups -OCH3 is 5. The molecular formula is C48H53NO9. The predicted octanol–water partition coefficient (Wildman–Crippen LogP) is 9.15. The van der Waals surface area contributed by atoms with E-state index in [0.29, 0.717) is 32.9 Å². The normalized spacial score (nSPS) is 17.8. The molecular weight excluding hydrogens is 735 g/mol. The Balaban J connectivity index is 1.11. The van der Waals surface area contributed by atoms with Gasteiger partial charge < -0.3 is 47.9 Å². The Bertz CT molecular complexity index is 2120. The lowest BCUT2D eigenvalue weighted by molar-refractivity contribution is -0.207. The molecule has 0 spiro atoms. The lowest BCUT2D eigenvalue weighted by Gasteiger charge is -2.41. The van der Waals surface area contributed by atoms with Crippen molar-refractivity contribution in [3.8, 4) is 23.0 Å². The van der Waals surface area contributed by atoms with Crippen LogP contribution in [0.3, 0.4) is 0 Å². The quantitative estimate of drug-likeness (QED) is 0.0633. The number of rotatable bonds is 19. The van der Waals surface area contributed by atoms with Gasteiger partial charge in [-0.2, -0.15) is 0 Å². The van der Waals surface area contributed by atoms with Gasteiger partial charge in [-0.1, -0.05) is 78.9 Å². The standard InChI is InChI=1S/C48H53NO9/c1-50-41-18-11-8-15-35(41)31-55-23-12-24-56-38-21-19-32(20-22-38)46-44(57-47(53-4)36-25-33-13-6-9-16-39(33)42(27-36)51-2)29-49-30-45(46)58-48(54-5)37-26-34-14-7-10-17-40(34)43(28-37)52-3/h6-11,13-22,25-28,44-49H,12,23-24,29-31H2,1-5H3/t44-,45+,46?,47?,48?. The van der Waals surface area contributed by atoms with E-state index in [9.17, 15) is 0 Å². The molecule has 1 saturated heterocycles. The van der Waals surface area contributed by atoms with Crippen molar-refractivity contribution in [2.75, 3.05) is 61.9 Å². The van der Waals surface area contributed by atoms with Crippen LogP contribution >= 0.6 is 0 Å². The van der Waals surface area contributed by atoms with E-state index in [1.165, 1.54) is 0 Å². The summed E-state index contributed by atoms with van der Waals surface area (Å²) < 4.78 is 55.1. The van der Waals surface area contributed by atoms with Crippen LogP contribution in [0.5, 0.6) is 23.0 Å². The fourth-order valence-corrected chi connectivity index (χ4v) is 7.76. The first-order chi connectivity index (χ1) is 28.5. The van der Waals surface area contributed by atoms with Crippen molar-refractivity contribution in [2.45, 2.75) is 43.7 Å². The van der Waals surface area contributed by atoms with Crippen LogP contribution < -0.4 is 24.3 Å². The maximum Gasteiger partial charge on any atom is 0.184 e. The second-order valence-electron chi connectivity index (χ2n) is 14.2. The van der Waals surface area contributed by atoms with Crippen molar-refractivity contribution >= 4 is 21.5 Å². The number of hydrogen-bond donors (Lipinski definition) is 1. The van der Waals surface area contributed by atoms with E-state index in [1.54, 1.807) is 35.5 Å². The summed E-state index contributed by atoms with van der Waals surface area (Å²) in [4.78, 5) is 0. The van der Waals surface area contributed by atoms with Gasteiger partial charge in [0.1, 0.15) is 23.0 Å². The molecule has 10 nitrogen and oxygen atoms in total. The van der Waals surface area contributed by atoms with E-state index < -0.39 is 12.6 Å². The molecule has 1 aliphatic heterocycles. The van der Waals surface area contributed by atoms with Crippen LogP contribution in [0.15, 0.2) is 121 Å². The van der Waals surface area contributed by atoms with E-state index in [4.69, 9.17) is 42.6 Å². The van der Waals surface area contributed by atoms with Gasteiger partial charge in [0.2, 0.25) is 0 Å². The van der Waals surface area contributed by atoms with Gasteiger partial charge in [-0.05, 0) is 58.8 Å². The van der Waals surface area contributed by atoms with E-state index in [2.05, 4.69) is 41.7 Å². The highest BCUT2D eigenvalue weighted by Crippen LogP contribution is 2.39. The minimum Gasteiger partial charge on any atom is -0.496 e. The minimum atomic E-state index is -0.678. The van der Waals surface area contributed by atoms with Crippen molar-refractivity contribution in [2.24, 2.45) is 0 Å². The van der Waals surface area contributed by atoms with Crippen molar-refractivity contribution < 1.29 is 42.6 Å². The first-order valence-electron chi connectivity index (χ1n) is 19.7. The molecule has 304 valence electrons. The van der Waals surface area contributed by atoms with Crippen LogP contribution in [0.1, 0.15) is 47.2 Å². The number of benzene rings is 6. The molecule has 0 radical (unpaired) electrons. The molecule has 0 saturated carbocycles. The second kappa shape index (κ2) is 20.0. The van der Waals surface area contributed by atoms with Crippen LogP contribution in [0.4, 0.5) is 0 Å². The van der Waals surface area contributed by atoms with Gasteiger partial charge in [0.05, 0.1) is 53.4 Å². The number of nitrogens with one attached hydrogen (secondary N) is 1. The van der Waals surface area contributed by atoms with Gasteiger partial charge in [-0.15, -0.1) is 0 Å². The van der Waals surface area contributed by atoms with Crippen molar-refractivity contribution in [1.82, 2.24) is 5.32 Å². The first kappa shape index (κ1) is 41.0. The number of para-hydroxylation sites is 1. The Morgan fingerprint density at radius 1 is 0.569 bits per heavy atom. The summed E-state index contributed by atoms with van der Waals surface area (Å²) >= 11 is 0. The zero-order valence-corrected chi connectivity index (χ0v) is 33.9. The summed E-state index contributed by atoms with van der Waals surface area (Å²) in [5.74, 6) is 2.90. The molecule has 6 aromatic rings. The van der Waals surface area contributed by atoms with E-state index in [-0.39, 0.29) is 18.1 Å². The van der Waals surface area contributed by atoms with Gasteiger partial charge in [0.25, 0.3) is 0 Å². The zero-order valence-electron chi connectivity index (χ0n) is 33.9. The number of ether oxygens (including phenoxy) is 9. The summed E-state index contributed by atoms with van der Waals surface area (Å²) in [6.07, 6.45) is -1.31. The van der Waals surface area contributed by atoms with E-state index in [1.807, 2.05) is 84.9 Å². The van der Waals surface area contributed by atoms with Crippen LogP contribution in [-0.2, 0) is 30.3 Å². The molecule has 1 fully saturated rings. The molecule has 5 atom stereocenters. The van der Waals surface area contributed by atoms with Gasteiger partial charge in [-0.3, -0.25) is 0 Å². The lowest BCUT2D eigenvalue weighted by Crippen LogP contribution is -2.51. The fraction of sp³-hybridized carbons (Fsp3) is 0.333. The Morgan fingerprint density at radius 3 is 1.66 bits per heavy atom. The molecule has 7 rings (SSSR count). The van der Waals surface area contributed by atoms with Gasteiger partial charge in [0, 0.05) is 67.1 Å². The molecule has 10 heteroatoms. The highest BCUT2D eigenvalue weighted by atomic mass is 16.7. The SMILES string of the molecule is COc1ccccc1COCCCOc1ccc(C2[C@@H](OC(OC)c3cc(OC)c4ccccc4c3)CNC[C@H]2OC(OC)c2cc(OC)c3ccccc3c2)cc1. The third-order valence-corrected chi connectivity index (χ3v) is 10.6. The first-order valence-corrected chi connectivity index (χ1v) is 19.7.